The first-order valence-corrected chi connectivity index (χ1v) is 9.59. The predicted octanol–water partition coefficient (Wildman–Crippen LogP) is 1.27. The van der Waals surface area contributed by atoms with Crippen molar-refractivity contribution in [3.8, 4) is 0 Å². The van der Waals surface area contributed by atoms with Gasteiger partial charge in [0.1, 0.15) is 6.54 Å². The summed E-state index contributed by atoms with van der Waals surface area (Å²) in [5, 5.41) is 0.424. The van der Waals surface area contributed by atoms with Crippen LogP contribution in [0.1, 0.15) is 18.4 Å². The van der Waals surface area contributed by atoms with Crippen LogP contribution in [0, 0.1) is 0 Å². The van der Waals surface area contributed by atoms with Crippen molar-refractivity contribution in [2.45, 2.75) is 30.3 Å². The van der Waals surface area contributed by atoms with Crippen LogP contribution < -0.4 is 0 Å². The molecule has 2 heterocycles. The highest BCUT2D eigenvalue weighted by Gasteiger charge is 2.42. The summed E-state index contributed by atoms with van der Waals surface area (Å²) >= 11 is 5.90. The second kappa shape index (κ2) is 5.35. The molecule has 0 aromatic heterocycles. The number of amides is 3. The standard InChI is InChI=1S/C15H16ClN3O4S/c16-11-1-4-13-10(7-11)8-19(24(13,22)23)14(20)9-17-5-6-18(15(17)21)12-2-3-12/h1,4,7,12H,2-3,5-6,8-9H2. The fourth-order valence-electron chi connectivity index (χ4n) is 3.22. The monoisotopic (exact) mass is 369 g/mol. The molecule has 1 saturated carbocycles. The molecule has 1 aromatic rings. The Bertz CT molecular complexity index is 837. The van der Waals surface area contributed by atoms with Crippen LogP contribution in [0.15, 0.2) is 23.1 Å². The predicted molar refractivity (Wildman–Crippen MR) is 85.9 cm³/mol. The SMILES string of the molecule is O=C1N(CC(=O)N2Cc3cc(Cl)ccc3S2(=O)=O)CCN1C1CC1. The van der Waals surface area contributed by atoms with Gasteiger partial charge in [0, 0.05) is 24.2 Å². The van der Waals surface area contributed by atoms with E-state index >= 15 is 0 Å². The molecule has 0 bridgehead atoms. The van der Waals surface area contributed by atoms with E-state index in [0.717, 1.165) is 17.1 Å². The number of sulfonamides is 1. The smallest absolute Gasteiger partial charge is 0.320 e. The Labute approximate surface area is 144 Å². The first-order chi connectivity index (χ1) is 11.4. The van der Waals surface area contributed by atoms with Crippen molar-refractivity contribution in [3.63, 3.8) is 0 Å². The quantitative estimate of drug-likeness (QED) is 0.803. The summed E-state index contributed by atoms with van der Waals surface area (Å²) < 4.78 is 25.9. The Morgan fingerprint density at radius 2 is 2.00 bits per heavy atom. The van der Waals surface area contributed by atoms with Gasteiger partial charge in [0.2, 0.25) is 0 Å². The van der Waals surface area contributed by atoms with Crippen LogP contribution in [0.3, 0.4) is 0 Å². The maximum atomic E-state index is 12.5. The van der Waals surface area contributed by atoms with E-state index in [1.54, 1.807) is 11.0 Å². The van der Waals surface area contributed by atoms with Gasteiger partial charge in [0.25, 0.3) is 15.9 Å². The number of carbonyl (C=O) groups excluding carboxylic acids is 2. The fraction of sp³-hybridized carbons (Fsp3) is 0.467. The molecule has 7 nitrogen and oxygen atoms in total. The lowest BCUT2D eigenvalue weighted by Crippen LogP contribution is -2.42. The van der Waals surface area contributed by atoms with Crippen molar-refractivity contribution in [3.05, 3.63) is 28.8 Å². The second-order valence-electron chi connectivity index (χ2n) is 6.29. The van der Waals surface area contributed by atoms with E-state index in [0.29, 0.717) is 29.7 Å². The molecule has 1 aliphatic carbocycles. The van der Waals surface area contributed by atoms with Gasteiger partial charge in [-0.15, -0.1) is 0 Å². The van der Waals surface area contributed by atoms with Crippen LogP contribution in [0.2, 0.25) is 5.02 Å². The van der Waals surface area contributed by atoms with Gasteiger partial charge in [-0.1, -0.05) is 11.6 Å². The van der Waals surface area contributed by atoms with E-state index in [9.17, 15) is 18.0 Å². The van der Waals surface area contributed by atoms with Gasteiger partial charge in [0.15, 0.2) is 0 Å². The van der Waals surface area contributed by atoms with Crippen molar-refractivity contribution in [2.24, 2.45) is 0 Å². The number of rotatable bonds is 3. The molecule has 2 aliphatic heterocycles. The zero-order valence-corrected chi connectivity index (χ0v) is 14.4. The molecule has 0 N–H and O–H groups in total. The van der Waals surface area contributed by atoms with Gasteiger partial charge in [-0.2, -0.15) is 0 Å². The summed E-state index contributed by atoms with van der Waals surface area (Å²) in [7, 11) is -3.87. The third-order valence-electron chi connectivity index (χ3n) is 4.62. The minimum absolute atomic E-state index is 0.0363. The Kier molecular flexibility index (Phi) is 3.50. The van der Waals surface area contributed by atoms with E-state index in [2.05, 4.69) is 0 Å². The third-order valence-corrected chi connectivity index (χ3v) is 6.73. The van der Waals surface area contributed by atoms with Crippen molar-refractivity contribution in [1.29, 1.82) is 0 Å². The zero-order chi connectivity index (χ0) is 17.1. The number of fused-ring (bicyclic) bond motifs is 1. The maximum Gasteiger partial charge on any atom is 0.320 e. The summed E-state index contributed by atoms with van der Waals surface area (Å²) in [6.07, 6.45) is 2.01. The number of halogens is 1. The van der Waals surface area contributed by atoms with Crippen molar-refractivity contribution >= 4 is 33.6 Å². The highest BCUT2D eigenvalue weighted by Crippen LogP contribution is 2.33. The maximum absolute atomic E-state index is 12.5. The van der Waals surface area contributed by atoms with E-state index in [-0.39, 0.29) is 24.0 Å². The van der Waals surface area contributed by atoms with Crippen LogP contribution in [0.5, 0.6) is 0 Å². The molecule has 3 amide bonds. The van der Waals surface area contributed by atoms with E-state index in [1.807, 2.05) is 0 Å². The number of hydrogen-bond acceptors (Lipinski definition) is 4. The van der Waals surface area contributed by atoms with Crippen LogP contribution in [0.4, 0.5) is 4.79 Å². The summed E-state index contributed by atoms with van der Waals surface area (Å²) in [6.45, 7) is 0.793. The summed E-state index contributed by atoms with van der Waals surface area (Å²) in [6, 6.07) is 4.57. The Morgan fingerprint density at radius 3 is 2.71 bits per heavy atom. The van der Waals surface area contributed by atoms with Crippen LogP contribution in [-0.4, -0.2) is 60.1 Å². The molecule has 1 aromatic carbocycles. The number of nitrogens with zero attached hydrogens (tertiary/aromatic N) is 3. The van der Waals surface area contributed by atoms with Crippen LogP contribution in [-0.2, 0) is 21.4 Å². The third kappa shape index (κ3) is 2.44. The normalized spacial score (nSPS) is 22.2. The molecule has 0 spiro atoms. The summed E-state index contributed by atoms with van der Waals surface area (Å²) in [5.74, 6) is -0.590. The fourth-order valence-corrected chi connectivity index (χ4v) is 4.98. The number of urea groups is 1. The first-order valence-electron chi connectivity index (χ1n) is 7.77. The molecule has 0 atom stereocenters. The zero-order valence-electron chi connectivity index (χ0n) is 12.8. The summed E-state index contributed by atoms with van der Waals surface area (Å²) in [4.78, 5) is 28.1. The molecule has 4 rings (SSSR count). The van der Waals surface area contributed by atoms with Crippen molar-refractivity contribution in [2.75, 3.05) is 19.6 Å². The van der Waals surface area contributed by atoms with Gasteiger partial charge >= 0.3 is 6.03 Å². The van der Waals surface area contributed by atoms with Crippen LogP contribution in [0.25, 0.3) is 0 Å². The minimum Gasteiger partial charge on any atom is -0.320 e. The van der Waals surface area contributed by atoms with Gasteiger partial charge in [-0.25, -0.2) is 17.5 Å². The molecule has 128 valence electrons. The Balaban J connectivity index is 1.51. The largest absolute Gasteiger partial charge is 0.320 e. The van der Waals surface area contributed by atoms with Crippen molar-refractivity contribution in [1.82, 2.24) is 14.1 Å². The molecule has 9 heteroatoms. The van der Waals surface area contributed by atoms with E-state index in [4.69, 9.17) is 11.6 Å². The molecular formula is C15H16ClN3O4S. The highest BCUT2D eigenvalue weighted by atomic mass is 35.5. The Hall–Kier alpha value is -1.80. The van der Waals surface area contributed by atoms with Gasteiger partial charge in [0.05, 0.1) is 11.4 Å². The Morgan fingerprint density at radius 1 is 1.25 bits per heavy atom. The number of benzene rings is 1. The van der Waals surface area contributed by atoms with Gasteiger partial charge < -0.3 is 9.80 Å². The minimum atomic E-state index is -3.87. The molecule has 0 radical (unpaired) electrons. The first kappa shape index (κ1) is 15.7. The van der Waals surface area contributed by atoms with E-state index in [1.165, 1.54) is 17.0 Å². The molecule has 2 fully saturated rings. The lowest BCUT2D eigenvalue weighted by atomic mass is 10.2. The van der Waals surface area contributed by atoms with Gasteiger partial charge in [-0.05, 0) is 36.6 Å². The number of hydrogen-bond donors (Lipinski definition) is 0. The highest BCUT2D eigenvalue weighted by molar-refractivity contribution is 7.90. The van der Waals surface area contributed by atoms with Crippen molar-refractivity contribution < 1.29 is 18.0 Å². The average molecular weight is 370 g/mol. The molecule has 1 saturated heterocycles. The molecular weight excluding hydrogens is 354 g/mol. The number of carbonyl (C=O) groups is 2. The van der Waals surface area contributed by atoms with E-state index < -0.39 is 15.9 Å². The topological polar surface area (TPSA) is 78.0 Å². The summed E-state index contributed by atoms with van der Waals surface area (Å²) in [5.41, 5.74) is 0.503. The molecule has 3 aliphatic rings. The van der Waals surface area contributed by atoms with Gasteiger partial charge in [-0.3, -0.25) is 4.79 Å². The van der Waals surface area contributed by atoms with Crippen LogP contribution >= 0.6 is 11.6 Å². The average Bonchev–Trinajstić information content (AvgIpc) is 3.24. The second-order valence-corrected chi connectivity index (χ2v) is 8.55. The molecule has 24 heavy (non-hydrogen) atoms. The lowest BCUT2D eigenvalue weighted by Gasteiger charge is -2.21. The lowest BCUT2D eigenvalue weighted by molar-refractivity contribution is -0.127. The molecule has 0 unspecified atom stereocenters.